The SMILES string of the molecule is O=C(O)N1C2CCCCC1CC2. The normalized spacial score (nSPS) is 34.8. The number of carboxylic acid groups (broad SMARTS) is 1. The molecular formula is C9H15NO2. The molecule has 0 saturated carbocycles. The summed E-state index contributed by atoms with van der Waals surface area (Å²) in [6.07, 6.45) is 6.08. The van der Waals surface area contributed by atoms with Gasteiger partial charge in [-0.05, 0) is 25.7 Å². The lowest BCUT2D eigenvalue weighted by Gasteiger charge is -2.24. The van der Waals surface area contributed by atoms with Crippen LogP contribution in [0.15, 0.2) is 0 Å². The van der Waals surface area contributed by atoms with Crippen molar-refractivity contribution in [2.45, 2.75) is 50.6 Å². The largest absolute Gasteiger partial charge is 0.465 e. The number of fused-ring (bicyclic) bond motifs is 2. The van der Waals surface area contributed by atoms with Gasteiger partial charge in [0.1, 0.15) is 0 Å². The van der Waals surface area contributed by atoms with Gasteiger partial charge in [0.2, 0.25) is 0 Å². The van der Waals surface area contributed by atoms with Gasteiger partial charge in [-0.3, -0.25) is 0 Å². The van der Waals surface area contributed by atoms with E-state index in [2.05, 4.69) is 0 Å². The highest BCUT2D eigenvalue weighted by atomic mass is 16.4. The van der Waals surface area contributed by atoms with Crippen LogP contribution in [-0.4, -0.2) is 28.2 Å². The summed E-state index contributed by atoms with van der Waals surface area (Å²) in [5, 5.41) is 8.97. The van der Waals surface area contributed by atoms with Gasteiger partial charge >= 0.3 is 6.09 Å². The molecule has 2 rings (SSSR count). The minimum Gasteiger partial charge on any atom is -0.465 e. The molecule has 3 nitrogen and oxygen atoms in total. The molecule has 0 aromatic rings. The van der Waals surface area contributed by atoms with Gasteiger partial charge in [0, 0.05) is 12.1 Å². The second-order valence-electron chi connectivity index (χ2n) is 3.86. The van der Waals surface area contributed by atoms with Crippen LogP contribution in [0.25, 0.3) is 0 Å². The average Bonchev–Trinajstić information content (AvgIpc) is 2.24. The predicted molar refractivity (Wildman–Crippen MR) is 45.1 cm³/mol. The zero-order valence-corrected chi connectivity index (χ0v) is 7.20. The van der Waals surface area contributed by atoms with Crippen molar-refractivity contribution in [3.05, 3.63) is 0 Å². The van der Waals surface area contributed by atoms with Crippen LogP contribution in [0.2, 0.25) is 0 Å². The lowest BCUT2D eigenvalue weighted by atomic mass is 10.0. The summed E-state index contributed by atoms with van der Waals surface area (Å²) < 4.78 is 0. The molecule has 3 heteroatoms. The molecule has 0 aromatic heterocycles. The molecule has 2 aliphatic rings. The Morgan fingerprint density at radius 2 is 1.58 bits per heavy atom. The average molecular weight is 169 g/mol. The van der Waals surface area contributed by atoms with Crippen LogP contribution in [0.1, 0.15) is 38.5 Å². The highest BCUT2D eigenvalue weighted by Crippen LogP contribution is 2.33. The van der Waals surface area contributed by atoms with Gasteiger partial charge in [0.15, 0.2) is 0 Å². The van der Waals surface area contributed by atoms with Crippen molar-refractivity contribution in [2.24, 2.45) is 0 Å². The summed E-state index contributed by atoms with van der Waals surface area (Å²) in [6.45, 7) is 0. The van der Waals surface area contributed by atoms with E-state index in [4.69, 9.17) is 5.11 Å². The molecule has 2 heterocycles. The Morgan fingerprint density at radius 1 is 1.08 bits per heavy atom. The van der Waals surface area contributed by atoms with E-state index in [-0.39, 0.29) is 0 Å². The van der Waals surface area contributed by atoms with Gasteiger partial charge in [0.05, 0.1) is 0 Å². The van der Waals surface area contributed by atoms with Crippen molar-refractivity contribution < 1.29 is 9.90 Å². The number of hydrogen-bond donors (Lipinski definition) is 1. The zero-order chi connectivity index (χ0) is 8.55. The monoisotopic (exact) mass is 169 g/mol. The summed E-state index contributed by atoms with van der Waals surface area (Å²) in [5.41, 5.74) is 0. The molecule has 68 valence electrons. The third kappa shape index (κ3) is 1.17. The first kappa shape index (κ1) is 7.90. The molecule has 2 unspecified atom stereocenters. The van der Waals surface area contributed by atoms with Crippen molar-refractivity contribution in [3.8, 4) is 0 Å². The maximum Gasteiger partial charge on any atom is 0.407 e. The fourth-order valence-corrected chi connectivity index (χ4v) is 2.60. The number of rotatable bonds is 0. The van der Waals surface area contributed by atoms with E-state index >= 15 is 0 Å². The predicted octanol–water partition coefficient (Wildman–Crippen LogP) is 2.07. The van der Waals surface area contributed by atoms with Crippen LogP contribution < -0.4 is 0 Å². The molecule has 2 atom stereocenters. The van der Waals surface area contributed by atoms with Crippen molar-refractivity contribution in [2.75, 3.05) is 0 Å². The maximum atomic E-state index is 10.9. The topological polar surface area (TPSA) is 40.5 Å². The van der Waals surface area contributed by atoms with E-state index in [1.54, 1.807) is 4.90 Å². The number of nitrogens with zero attached hydrogens (tertiary/aromatic N) is 1. The first-order valence-electron chi connectivity index (χ1n) is 4.80. The molecule has 1 N–H and O–H groups in total. The number of amides is 1. The molecular weight excluding hydrogens is 154 g/mol. The Bertz CT molecular complexity index is 179. The molecule has 2 aliphatic heterocycles. The van der Waals surface area contributed by atoms with Gasteiger partial charge in [-0.2, -0.15) is 0 Å². The van der Waals surface area contributed by atoms with Crippen LogP contribution in [0.5, 0.6) is 0 Å². The Morgan fingerprint density at radius 3 is 2.00 bits per heavy atom. The van der Waals surface area contributed by atoms with Gasteiger partial charge in [-0.1, -0.05) is 12.8 Å². The lowest BCUT2D eigenvalue weighted by molar-refractivity contribution is 0.123. The molecule has 2 saturated heterocycles. The minimum absolute atomic E-state index is 0.343. The Labute approximate surface area is 72.4 Å². The Balaban J connectivity index is 2.14. The molecule has 12 heavy (non-hydrogen) atoms. The van der Waals surface area contributed by atoms with E-state index in [0.29, 0.717) is 12.1 Å². The molecule has 2 bridgehead atoms. The van der Waals surface area contributed by atoms with E-state index in [1.807, 2.05) is 0 Å². The summed E-state index contributed by atoms with van der Waals surface area (Å²) in [6, 6.07) is 0.685. The molecule has 0 aliphatic carbocycles. The van der Waals surface area contributed by atoms with Crippen LogP contribution >= 0.6 is 0 Å². The van der Waals surface area contributed by atoms with E-state index in [1.165, 1.54) is 12.8 Å². The molecule has 1 amide bonds. The number of carbonyl (C=O) groups is 1. The van der Waals surface area contributed by atoms with Gasteiger partial charge in [-0.15, -0.1) is 0 Å². The van der Waals surface area contributed by atoms with E-state index < -0.39 is 6.09 Å². The third-order valence-corrected chi connectivity index (χ3v) is 3.17. The zero-order valence-electron chi connectivity index (χ0n) is 7.20. The lowest BCUT2D eigenvalue weighted by Crippen LogP contribution is -2.38. The highest BCUT2D eigenvalue weighted by Gasteiger charge is 2.37. The Hall–Kier alpha value is -0.730. The highest BCUT2D eigenvalue weighted by molar-refractivity contribution is 5.66. The standard InChI is InChI=1S/C9H15NO2/c11-9(12)10-7-3-1-2-4-8(10)6-5-7/h7-8H,1-6H2,(H,11,12). The summed E-state index contributed by atoms with van der Waals surface area (Å²) >= 11 is 0. The third-order valence-electron chi connectivity index (χ3n) is 3.17. The van der Waals surface area contributed by atoms with E-state index in [9.17, 15) is 4.79 Å². The van der Waals surface area contributed by atoms with E-state index in [0.717, 1.165) is 25.7 Å². The molecule has 0 aromatic carbocycles. The number of hydrogen-bond acceptors (Lipinski definition) is 1. The second-order valence-corrected chi connectivity index (χ2v) is 3.86. The first-order valence-corrected chi connectivity index (χ1v) is 4.80. The Kier molecular flexibility index (Phi) is 1.95. The van der Waals surface area contributed by atoms with Gasteiger partial charge in [-0.25, -0.2) is 4.79 Å². The van der Waals surface area contributed by atoms with Crippen molar-refractivity contribution in [3.63, 3.8) is 0 Å². The van der Waals surface area contributed by atoms with Crippen LogP contribution in [-0.2, 0) is 0 Å². The summed E-state index contributed by atoms with van der Waals surface area (Å²) in [7, 11) is 0. The van der Waals surface area contributed by atoms with Gasteiger partial charge in [0.25, 0.3) is 0 Å². The van der Waals surface area contributed by atoms with Crippen LogP contribution in [0.3, 0.4) is 0 Å². The van der Waals surface area contributed by atoms with Crippen molar-refractivity contribution >= 4 is 6.09 Å². The van der Waals surface area contributed by atoms with Crippen molar-refractivity contribution in [1.29, 1.82) is 0 Å². The summed E-state index contributed by atoms with van der Waals surface area (Å²) in [4.78, 5) is 12.6. The van der Waals surface area contributed by atoms with Crippen LogP contribution in [0, 0.1) is 0 Å². The fraction of sp³-hybridized carbons (Fsp3) is 0.889. The van der Waals surface area contributed by atoms with Gasteiger partial charge < -0.3 is 10.0 Å². The fourth-order valence-electron chi connectivity index (χ4n) is 2.60. The summed E-state index contributed by atoms with van der Waals surface area (Å²) in [5.74, 6) is 0. The molecule has 0 spiro atoms. The quantitative estimate of drug-likeness (QED) is 0.603. The van der Waals surface area contributed by atoms with Crippen LogP contribution in [0.4, 0.5) is 4.79 Å². The maximum absolute atomic E-state index is 10.9. The minimum atomic E-state index is -0.704. The van der Waals surface area contributed by atoms with Crippen molar-refractivity contribution in [1.82, 2.24) is 4.90 Å². The molecule has 0 radical (unpaired) electrons. The first-order chi connectivity index (χ1) is 5.79. The molecule has 2 fully saturated rings. The second kappa shape index (κ2) is 2.96. The smallest absolute Gasteiger partial charge is 0.407 e.